The van der Waals surface area contributed by atoms with Gasteiger partial charge in [-0.15, -0.1) is 0 Å². The number of rotatable bonds is 2. The van der Waals surface area contributed by atoms with E-state index >= 15 is 0 Å². The molecule has 0 atom stereocenters. The number of nitrogens with one attached hydrogen (secondary N) is 1. The molecule has 0 radical (unpaired) electrons. The Bertz CT molecular complexity index is 593. The van der Waals surface area contributed by atoms with Crippen LogP contribution in [0.3, 0.4) is 0 Å². The molecule has 0 fully saturated rings. The Morgan fingerprint density at radius 2 is 2.12 bits per heavy atom. The summed E-state index contributed by atoms with van der Waals surface area (Å²) in [5.74, 6) is 1.12. The zero-order valence-corrected chi connectivity index (χ0v) is 10.0. The quantitative estimate of drug-likeness (QED) is 0.857. The van der Waals surface area contributed by atoms with Crippen molar-refractivity contribution in [3.63, 3.8) is 0 Å². The van der Waals surface area contributed by atoms with Gasteiger partial charge in [0.1, 0.15) is 11.8 Å². The van der Waals surface area contributed by atoms with Gasteiger partial charge in [-0.3, -0.25) is 0 Å². The molecule has 0 saturated heterocycles. The number of ether oxygens (including phenoxy) is 1. The van der Waals surface area contributed by atoms with Crippen LogP contribution in [0.4, 0.5) is 0 Å². The lowest BCUT2D eigenvalue weighted by Crippen LogP contribution is -1.93. The zero-order valence-electron chi connectivity index (χ0n) is 10.0. The molecule has 1 aromatic heterocycles. The van der Waals surface area contributed by atoms with Gasteiger partial charge >= 0.3 is 0 Å². The molecule has 2 rings (SSSR count). The molecule has 2 aromatic rings. The normalized spacial score (nSPS) is 10.0. The fraction of sp³-hybridized carbons (Fsp3) is 0.231. The Hall–Kier alpha value is -2.28. The average molecular weight is 227 g/mol. The minimum absolute atomic E-state index is 0.307. The average Bonchev–Trinajstić information content (AvgIpc) is 2.76. The van der Waals surface area contributed by atoms with Crippen molar-refractivity contribution in [2.75, 3.05) is 7.11 Å². The van der Waals surface area contributed by atoms with E-state index in [4.69, 9.17) is 10.00 Å². The first-order valence-corrected chi connectivity index (χ1v) is 5.26. The summed E-state index contributed by atoms with van der Waals surface area (Å²) < 4.78 is 5.40. The molecule has 1 heterocycles. The van der Waals surface area contributed by atoms with Crippen molar-refractivity contribution >= 4 is 0 Å². The number of nitriles is 1. The Morgan fingerprint density at radius 1 is 1.35 bits per heavy atom. The summed E-state index contributed by atoms with van der Waals surface area (Å²) in [6.45, 7) is 4.02. The van der Waals surface area contributed by atoms with Crippen molar-refractivity contribution in [2.45, 2.75) is 13.8 Å². The van der Waals surface area contributed by atoms with Crippen molar-refractivity contribution < 1.29 is 4.74 Å². The van der Waals surface area contributed by atoms with Crippen LogP contribution in [0.2, 0.25) is 0 Å². The Labute approximate surface area is 99.9 Å². The minimum Gasteiger partial charge on any atom is -0.496 e. The van der Waals surface area contributed by atoms with Crippen LogP contribution >= 0.6 is 0 Å². The Morgan fingerprint density at radius 3 is 2.71 bits per heavy atom. The van der Waals surface area contributed by atoms with Gasteiger partial charge in [0.25, 0.3) is 0 Å². The fourth-order valence-corrected chi connectivity index (χ4v) is 1.94. The first-order valence-electron chi connectivity index (χ1n) is 5.26. The van der Waals surface area contributed by atoms with Gasteiger partial charge in [-0.2, -0.15) is 5.26 Å². The molecule has 4 heteroatoms. The van der Waals surface area contributed by atoms with E-state index in [0.717, 1.165) is 28.1 Å². The smallest absolute Gasteiger partial charge is 0.210 e. The van der Waals surface area contributed by atoms with Crippen molar-refractivity contribution in [3.05, 3.63) is 35.3 Å². The SMILES string of the molecule is COc1c(C)cc(C)cc1-c1cnc(C#N)[nH]1. The van der Waals surface area contributed by atoms with Gasteiger partial charge < -0.3 is 9.72 Å². The second-order valence-electron chi connectivity index (χ2n) is 3.92. The Balaban J connectivity index is 2.62. The number of benzene rings is 1. The molecule has 0 aliphatic rings. The lowest BCUT2D eigenvalue weighted by molar-refractivity contribution is 0.413. The molecule has 0 aliphatic heterocycles. The number of aromatic nitrogens is 2. The van der Waals surface area contributed by atoms with Gasteiger partial charge in [0.05, 0.1) is 19.0 Å². The number of aromatic amines is 1. The van der Waals surface area contributed by atoms with Crippen molar-refractivity contribution in [2.24, 2.45) is 0 Å². The van der Waals surface area contributed by atoms with Gasteiger partial charge in [0.2, 0.25) is 5.82 Å². The number of aryl methyl sites for hydroxylation is 2. The van der Waals surface area contributed by atoms with E-state index in [1.807, 2.05) is 26.0 Å². The highest BCUT2D eigenvalue weighted by Crippen LogP contribution is 2.32. The molecule has 0 bridgehead atoms. The van der Waals surface area contributed by atoms with E-state index in [1.165, 1.54) is 0 Å². The summed E-state index contributed by atoms with van der Waals surface area (Å²) >= 11 is 0. The first kappa shape index (κ1) is 11.2. The molecule has 0 saturated carbocycles. The summed E-state index contributed by atoms with van der Waals surface area (Å²) in [6.07, 6.45) is 1.65. The highest BCUT2D eigenvalue weighted by atomic mass is 16.5. The van der Waals surface area contributed by atoms with Crippen LogP contribution in [0.5, 0.6) is 5.75 Å². The third-order valence-corrected chi connectivity index (χ3v) is 2.59. The first-order chi connectivity index (χ1) is 8.15. The molecule has 4 nitrogen and oxygen atoms in total. The summed E-state index contributed by atoms with van der Waals surface area (Å²) in [4.78, 5) is 6.93. The topological polar surface area (TPSA) is 61.7 Å². The van der Waals surface area contributed by atoms with Crippen LogP contribution in [0, 0.1) is 25.2 Å². The highest BCUT2D eigenvalue weighted by molar-refractivity contribution is 5.70. The monoisotopic (exact) mass is 227 g/mol. The maximum absolute atomic E-state index is 8.76. The number of hydrogen-bond acceptors (Lipinski definition) is 3. The van der Waals surface area contributed by atoms with E-state index in [2.05, 4.69) is 16.0 Å². The number of H-pyrrole nitrogens is 1. The lowest BCUT2D eigenvalue weighted by Gasteiger charge is -2.11. The lowest BCUT2D eigenvalue weighted by atomic mass is 10.0. The third-order valence-electron chi connectivity index (χ3n) is 2.59. The molecule has 1 N–H and O–H groups in total. The number of hydrogen-bond donors (Lipinski definition) is 1. The third kappa shape index (κ3) is 2.00. The highest BCUT2D eigenvalue weighted by Gasteiger charge is 2.11. The van der Waals surface area contributed by atoms with Gasteiger partial charge in [-0.05, 0) is 31.0 Å². The number of nitrogens with zero attached hydrogens (tertiary/aromatic N) is 2. The van der Waals surface area contributed by atoms with Crippen LogP contribution in [0.25, 0.3) is 11.3 Å². The van der Waals surface area contributed by atoms with Crippen molar-refractivity contribution in [1.82, 2.24) is 9.97 Å². The minimum atomic E-state index is 0.307. The van der Waals surface area contributed by atoms with E-state index in [0.29, 0.717) is 5.82 Å². The van der Waals surface area contributed by atoms with E-state index in [1.54, 1.807) is 13.3 Å². The largest absolute Gasteiger partial charge is 0.496 e. The molecule has 0 spiro atoms. The molecule has 17 heavy (non-hydrogen) atoms. The molecule has 86 valence electrons. The predicted molar refractivity (Wildman–Crippen MR) is 64.8 cm³/mol. The molecular weight excluding hydrogens is 214 g/mol. The van der Waals surface area contributed by atoms with Gasteiger partial charge in [0, 0.05) is 5.56 Å². The Kier molecular flexibility index (Phi) is 2.84. The predicted octanol–water partition coefficient (Wildman–Crippen LogP) is 2.57. The van der Waals surface area contributed by atoms with Gasteiger partial charge in [-0.1, -0.05) is 6.07 Å². The van der Waals surface area contributed by atoms with Crippen LogP contribution in [0.1, 0.15) is 17.0 Å². The maximum Gasteiger partial charge on any atom is 0.210 e. The van der Waals surface area contributed by atoms with E-state index in [9.17, 15) is 0 Å². The van der Waals surface area contributed by atoms with Gasteiger partial charge in [-0.25, -0.2) is 4.98 Å². The summed E-state index contributed by atoms with van der Waals surface area (Å²) in [5.41, 5.74) is 3.94. The van der Waals surface area contributed by atoms with E-state index in [-0.39, 0.29) is 0 Å². The van der Waals surface area contributed by atoms with Crippen molar-refractivity contribution in [3.8, 4) is 23.1 Å². The summed E-state index contributed by atoms with van der Waals surface area (Å²) in [5, 5.41) is 8.76. The van der Waals surface area contributed by atoms with Gasteiger partial charge in [0.15, 0.2) is 0 Å². The molecular formula is C13H13N3O. The second kappa shape index (κ2) is 4.30. The zero-order chi connectivity index (χ0) is 12.4. The maximum atomic E-state index is 8.76. The number of methoxy groups -OCH3 is 1. The fourth-order valence-electron chi connectivity index (χ4n) is 1.94. The van der Waals surface area contributed by atoms with Crippen LogP contribution < -0.4 is 4.74 Å². The van der Waals surface area contributed by atoms with Crippen LogP contribution in [-0.2, 0) is 0 Å². The van der Waals surface area contributed by atoms with Crippen molar-refractivity contribution in [1.29, 1.82) is 5.26 Å². The molecule has 0 unspecified atom stereocenters. The summed E-state index contributed by atoms with van der Waals surface area (Å²) in [7, 11) is 1.64. The summed E-state index contributed by atoms with van der Waals surface area (Å²) in [6, 6.07) is 6.05. The molecule has 0 aliphatic carbocycles. The van der Waals surface area contributed by atoms with Crippen LogP contribution in [0.15, 0.2) is 18.3 Å². The number of imidazole rings is 1. The van der Waals surface area contributed by atoms with E-state index < -0.39 is 0 Å². The molecule has 0 amide bonds. The standard InChI is InChI=1S/C13H13N3O/c1-8-4-9(2)13(17-3)10(5-8)11-7-15-12(6-14)16-11/h4-5,7H,1-3H3,(H,15,16). The van der Waals surface area contributed by atoms with Crippen LogP contribution in [-0.4, -0.2) is 17.1 Å². The molecule has 1 aromatic carbocycles. The second-order valence-corrected chi connectivity index (χ2v) is 3.92.